The molecule has 0 bridgehead atoms. The predicted molar refractivity (Wildman–Crippen MR) is 146 cm³/mol. The van der Waals surface area contributed by atoms with Gasteiger partial charge in [0.1, 0.15) is 29.1 Å². The Balaban J connectivity index is 1.61. The number of hydrogen-bond acceptors (Lipinski definition) is 6. The number of hydrogen-bond donors (Lipinski definition) is 1. The van der Waals surface area contributed by atoms with Crippen LogP contribution in [0.5, 0.6) is 0 Å². The summed E-state index contributed by atoms with van der Waals surface area (Å²) in [5.74, 6) is -6.19. The molecule has 1 aliphatic carbocycles. The van der Waals surface area contributed by atoms with Gasteiger partial charge in [0.25, 0.3) is 11.8 Å². The molecule has 3 heterocycles. The second-order valence-electron chi connectivity index (χ2n) is 9.81. The molecule has 1 N–H and O–H groups in total. The Kier molecular flexibility index (Phi) is 8.08. The summed E-state index contributed by atoms with van der Waals surface area (Å²) in [6, 6.07) is 7.80. The van der Waals surface area contributed by atoms with Gasteiger partial charge in [-0.1, -0.05) is 29.8 Å². The van der Waals surface area contributed by atoms with Crippen LogP contribution in [0.4, 0.5) is 24.7 Å². The number of aromatic nitrogens is 2. The van der Waals surface area contributed by atoms with Gasteiger partial charge in [-0.2, -0.15) is 5.26 Å². The number of carbonyl (C=O) groups is 3. The van der Waals surface area contributed by atoms with E-state index < -0.39 is 59.4 Å². The zero-order valence-electron chi connectivity index (χ0n) is 21.6. The molecule has 0 spiro atoms. The average Bonchev–Trinajstić information content (AvgIpc) is 3.36. The van der Waals surface area contributed by atoms with Gasteiger partial charge in [-0.15, -0.1) is 11.6 Å². The number of pyridine rings is 2. The third-order valence-electron chi connectivity index (χ3n) is 7.11. The molecule has 5 rings (SSSR count). The van der Waals surface area contributed by atoms with E-state index >= 15 is 0 Å². The summed E-state index contributed by atoms with van der Waals surface area (Å²) in [4.78, 5) is 51.3. The highest BCUT2D eigenvalue weighted by Gasteiger charge is 2.56. The predicted octanol–water partition coefficient (Wildman–Crippen LogP) is 4.54. The van der Waals surface area contributed by atoms with Gasteiger partial charge < -0.3 is 5.32 Å². The molecule has 14 heteroatoms. The smallest absolute Gasteiger partial charge is 0.268 e. The molecule has 2 fully saturated rings. The zero-order chi connectivity index (χ0) is 30.2. The Morgan fingerprint density at radius 1 is 1.21 bits per heavy atom. The summed E-state index contributed by atoms with van der Waals surface area (Å²) in [5, 5.41) is 10.2. The summed E-state index contributed by atoms with van der Waals surface area (Å²) in [5.41, 5.74) is 0.143. The first-order valence-corrected chi connectivity index (χ1v) is 13.5. The van der Waals surface area contributed by atoms with Crippen molar-refractivity contribution in [2.45, 2.75) is 48.7 Å². The van der Waals surface area contributed by atoms with Crippen LogP contribution in [0.3, 0.4) is 0 Å². The third-order valence-corrected chi connectivity index (χ3v) is 8.07. The Bertz CT molecular complexity index is 1600. The molecule has 2 aromatic heterocycles. The molecule has 9 nitrogen and oxygen atoms in total. The average molecular weight is 617 g/mol. The summed E-state index contributed by atoms with van der Waals surface area (Å²) < 4.78 is 42.1. The maximum absolute atomic E-state index is 14.5. The van der Waals surface area contributed by atoms with Crippen LogP contribution < -0.4 is 15.1 Å². The van der Waals surface area contributed by atoms with Gasteiger partial charge in [-0.3, -0.25) is 29.2 Å². The second kappa shape index (κ2) is 11.6. The summed E-state index contributed by atoms with van der Waals surface area (Å²) >= 11 is 12.3. The standard InChI is InChI=1S/C28H21Cl2F3N6O3/c29-19-4-2-1-3-18(19)24(26(41)37-20-11-28(32,33)25(20)30)38(17-10-16(31)13-35-14-17)27(42)21-5-6-23(40)39(21)22-9-15(12-34)7-8-36-22/h1-4,7-10,13-14,20-21,24-25H,5-6,11H2,(H,37,41)/t20?,21-,24-,25?/m0/s1. The maximum Gasteiger partial charge on any atom is 0.268 e. The van der Waals surface area contributed by atoms with Crippen molar-refractivity contribution in [2.75, 3.05) is 9.80 Å². The van der Waals surface area contributed by atoms with Gasteiger partial charge in [-0.25, -0.2) is 18.2 Å². The van der Waals surface area contributed by atoms with E-state index in [0.717, 1.165) is 28.3 Å². The molecular weight excluding hydrogens is 596 g/mol. The summed E-state index contributed by atoms with van der Waals surface area (Å²) in [6.45, 7) is 0. The van der Waals surface area contributed by atoms with Crippen LogP contribution in [-0.4, -0.2) is 51.1 Å². The van der Waals surface area contributed by atoms with E-state index in [1.54, 1.807) is 12.1 Å². The number of nitrogens with one attached hydrogen (secondary N) is 1. The molecule has 2 unspecified atom stereocenters. The maximum atomic E-state index is 14.5. The number of anilines is 2. The molecule has 1 aromatic carbocycles. The Morgan fingerprint density at radius 2 is 1.98 bits per heavy atom. The second-order valence-corrected chi connectivity index (χ2v) is 10.7. The van der Waals surface area contributed by atoms with Gasteiger partial charge >= 0.3 is 0 Å². The van der Waals surface area contributed by atoms with Crippen LogP contribution >= 0.6 is 23.2 Å². The fraction of sp³-hybridized carbons (Fsp3) is 0.286. The molecule has 1 aliphatic heterocycles. The minimum Gasteiger partial charge on any atom is -0.349 e. The van der Waals surface area contributed by atoms with Gasteiger partial charge in [0.15, 0.2) is 0 Å². The highest BCUT2D eigenvalue weighted by molar-refractivity contribution is 6.32. The topological polar surface area (TPSA) is 119 Å². The van der Waals surface area contributed by atoms with E-state index in [1.165, 1.54) is 30.5 Å². The van der Waals surface area contributed by atoms with Crippen molar-refractivity contribution < 1.29 is 27.6 Å². The number of nitriles is 1. The SMILES string of the molecule is N#Cc1ccnc(N2C(=O)CC[C@H]2C(=O)N(c2cncc(F)c2)[C@H](C(=O)NC2CC(F)(F)C2Cl)c2ccccc2Cl)c1. The van der Waals surface area contributed by atoms with Crippen LogP contribution in [0.1, 0.15) is 36.4 Å². The largest absolute Gasteiger partial charge is 0.349 e. The first kappa shape index (κ1) is 29.3. The van der Waals surface area contributed by atoms with Gasteiger partial charge in [-0.05, 0) is 24.6 Å². The number of halogens is 5. The van der Waals surface area contributed by atoms with Crippen molar-refractivity contribution in [3.8, 4) is 6.07 Å². The van der Waals surface area contributed by atoms with Gasteiger partial charge in [0.05, 0.1) is 35.8 Å². The lowest BCUT2D eigenvalue weighted by Crippen LogP contribution is -2.62. The lowest BCUT2D eigenvalue weighted by atomic mass is 9.87. The Hall–Kier alpha value is -4.21. The number of rotatable bonds is 7. The van der Waals surface area contributed by atoms with Crippen LogP contribution in [0.15, 0.2) is 61.1 Å². The Labute approximate surface area is 247 Å². The Morgan fingerprint density at radius 3 is 2.64 bits per heavy atom. The normalized spacial score (nSPS) is 21.7. The number of carbonyl (C=O) groups excluding carboxylic acids is 3. The molecule has 1 saturated heterocycles. The molecule has 0 radical (unpaired) electrons. The molecule has 4 atom stereocenters. The number of alkyl halides is 3. The number of amides is 3. The number of benzene rings is 1. The van der Waals surface area contributed by atoms with E-state index in [0.29, 0.717) is 0 Å². The van der Waals surface area contributed by atoms with Crippen molar-refractivity contribution in [3.63, 3.8) is 0 Å². The first-order valence-electron chi connectivity index (χ1n) is 12.7. The van der Waals surface area contributed by atoms with Crippen molar-refractivity contribution in [2.24, 2.45) is 0 Å². The first-order chi connectivity index (χ1) is 20.0. The van der Waals surface area contributed by atoms with Crippen molar-refractivity contribution in [1.29, 1.82) is 5.26 Å². The number of nitrogens with zero attached hydrogens (tertiary/aromatic N) is 5. The molecule has 42 heavy (non-hydrogen) atoms. The summed E-state index contributed by atoms with van der Waals surface area (Å²) in [6.07, 6.45) is 2.59. The molecule has 1 saturated carbocycles. The quantitative estimate of drug-likeness (QED) is 0.389. The minimum atomic E-state index is -3.20. The van der Waals surface area contributed by atoms with E-state index in [2.05, 4.69) is 15.3 Å². The van der Waals surface area contributed by atoms with Crippen LogP contribution in [0.2, 0.25) is 5.02 Å². The minimum absolute atomic E-state index is 0.00480. The van der Waals surface area contributed by atoms with Crippen molar-refractivity contribution >= 4 is 52.4 Å². The van der Waals surface area contributed by atoms with Crippen LogP contribution in [-0.2, 0) is 14.4 Å². The molecule has 216 valence electrons. The fourth-order valence-corrected chi connectivity index (χ4v) is 5.52. The third kappa shape index (κ3) is 5.49. The van der Waals surface area contributed by atoms with E-state index in [-0.39, 0.29) is 40.5 Å². The van der Waals surface area contributed by atoms with Crippen LogP contribution in [0, 0.1) is 17.1 Å². The van der Waals surface area contributed by atoms with Gasteiger partial charge in [0, 0.05) is 35.7 Å². The monoisotopic (exact) mass is 616 g/mol. The van der Waals surface area contributed by atoms with Crippen molar-refractivity contribution in [3.05, 3.63) is 83.0 Å². The fourth-order valence-electron chi connectivity index (χ4n) is 5.04. The van der Waals surface area contributed by atoms with Crippen molar-refractivity contribution in [1.82, 2.24) is 15.3 Å². The lowest BCUT2D eigenvalue weighted by Gasteiger charge is -2.42. The zero-order valence-corrected chi connectivity index (χ0v) is 23.1. The van der Waals surface area contributed by atoms with E-state index in [4.69, 9.17) is 23.2 Å². The summed E-state index contributed by atoms with van der Waals surface area (Å²) in [7, 11) is 0. The van der Waals surface area contributed by atoms with Gasteiger partial charge in [0.2, 0.25) is 11.8 Å². The molecule has 3 aromatic rings. The van der Waals surface area contributed by atoms with Crippen LogP contribution in [0.25, 0.3) is 0 Å². The molecule has 2 aliphatic rings. The molecule has 3 amide bonds. The van der Waals surface area contributed by atoms with E-state index in [9.17, 15) is 32.8 Å². The molecular formula is C28H21Cl2F3N6O3. The van der Waals surface area contributed by atoms with E-state index in [1.807, 2.05) is 6.07 Å². The lowest BCUT2D eigenvalue weighted by molar-refractivity contribution is -0.132. The highest BCUT2D eigenvalue weighted by atomic mass is 35.5. The highest BCUT2D eigenvalue weighted by Crippen LogP contribution is 2.43.